The summed E-state index contributed by atoms with van der Waals surface area (Å²) in [5.41, 5.74) is 2.41. The van der Waals surface area contributed by atoms with E-state index in [1.165, 1.54) is 18.2 Å². The van der Waals surface area contributed by atoms with Gasteiger partial charge in [-0.25, -0.2) is 13.1 Å². The number of halogens is 1. The molecule has 3 rings (SSSR count). The Hall–Kier alpha value is -2.09. The van der Waals surface area contributed by atoms with E-state index in [9.17, 15) is 13.2 Å². The lowest BCUT2D eigenvalue weighted by molar-refractivity contribution is 0.0946. The fraction of sp³-hybridized carbons (Fsp3) is 0.350. The molecule has 0 heterocycles. The van der Waals surface area contributed by atoms with Crippen LogP contribution in [0.25, 0.3) is 0 Å². The first-order valence-electron chi connectivity index (χ1n) is 9.06. The summed E-state index contributed by atoms with van der Waals surface area (Å²) in [6, 6.07) is 10.1. The van der Waals surface area contributed by atoms with Crippen LogP contribution in [-0.2, 0) is 10.0 Å². The van der Waals surface area contributed by atoms with Gasteiger partial charge in [-0.15, -0.1) is 0 Å². The predicted molar refractivity (Wildman–Crippen MR) is 109 cm³/mol. The minimum absolute atomic E-state index is 0.0408. The summed E-state index contributed by atoms with van der Waals surface area (Å²) in [5, 5.41) is 2.82. The van der Waals surface area contributed by atoms with Crippen LogP contribution < -0.4 is 14.8 Å². The number of amides is 1. The second kappa shape index (κ2) is 8.51. The summed E-state index contributed by atoms with van der Waals surface area (Å²) >= 11 is 6.04. The largest absolute Gasteiger partial charge is 0.491 e. The molecule has 0 unspecified atom stereocenters. The van der Waals surface area contributed by atoms with Crippen LogP contribution in [0.4, 0.5) is 0 Å². The van der Waals surface area contributed by atoms with Crippen molar-refractivity contribution in [2.45, 2.75) is 37.6 Å². The average molecular weight is 423 g/mol. The van der Waals surface area contributed by atoms with Gasteiger partial charge in [0, 0.05) is 11.6 Å². The summed E-state index contributed by atoms with van der Waals surface area (Å²) in [6.45, 7) is 4.57. The Morgan fingerprint density at radius 2 is 1.93 bits per heavy atom. The highest BCUT2D eigenvalue weighted by Crippen LogP contribution is 2.27. The van der Waals surface area contributed by atoms with Crippen LogP contribution in [0.3, 0.4) is 0 Å². The predicted octanol–water partition coefficient (Wildman–Crippen LogP) is 3.21. The molecule has 0 aromatic heterocycles. The van der Waals surface area contributed by atoms with Gasteiger partial charge in [-0.1, -0.05) is 29.3 Å². The number of ether oxygens (including phenoxy) is 1. The number of aryl methyl sites for hydroxylation is 2. The fourth-order valence-electron chi connectivity index (χ4n) is 2.72. The molecule has 1 fully saturated rings. The summed E-state index contributed by atoms with van der Waals surface area (Å²) in [5.74, 6) is 0.384. The van der Waals surface area contributed by atoms with E-state index in [0.29, 0.717) is 6.61 Å². The van der Waals surface area contributed by atoms with Crippen LogP contribution in [0.15, 0.2) is 41.3 Å². The van der Waals surface area contributed by atoms with Crippen LogP contribution in [0.5, 0.6) is 5.75 Å². The molecular weight excluding hydrogens is 400 g/mol. The first-order chi connectivity index (χ1) is 13.3. The molecule has 1 aliphatic rings. The Morgan fingerprint density at radius 1 is 1.18 bits per heavy atom. The summed E-state index contributed by atoms with van der Waals surface area (Å²) < 4.78 is 33.1. The highest BCUT2D eigenvalue weighted by molar-refractivity contribution is 7.89. The maximum absolute atomic E-state index is 12.4. The van der Waals surface area contributed by atoms with Crippen molar-refractivity contribution in [1.82, 2.24) is 10.0 Å². The molecule has 0 spiro atoms. The van der Waals surface area contributed by atoms with E-state index in [4.69, 9.17) is 16.3 Å². The number of rotatable bonds is 8. The molecule has 0 bridgehead atoms. The number of hydrogen-bond acceptors (Lipinski definition) is 4. The third-order valence-electron chi connectivity index (χ3n) is 4.36. The van der Waals surface area contributed by atoms with Crippen molar-refractivity contribution in [3.05, 3.63) is 58.1 Å². The Kier molecular flexibility index (Phi) is 6.27. The highest BCUT2D eigenvalue weighted by atomic mass is 35.5. The molecule has 0 saturated heterocycles. The molecule has 8 heteroatoms. The molecule has 0 atom stereocenters. The molecular formula is C20H23ClN2O4S. The molecule has 150 valence electrons. The quantitative estimate of drug-likeness (QED) is 0.640. The van der Waals surface area contributed by atoms with Crippen molar-refractivity contribution in [1.29, 1.82) is 0 Å². The molecule has 2 aromatic carbocycles. The van der Waals surface area contributed by atoms with Crippen LogP contribution >= 0.6 is 11.6 Å². The molecule has 1 amide bonds. The fourth-order valence-corrected chi connectivity index (χ4v) is 4.55. The zero-order valence-corrected chi connectivity index (χ0v) is 17.4. The molecule has 1 saturated carbocycles. The smallest absolute Gasteiger partial charge is 0.251 e. The van der Waals surface area contributed by atoms with E-state index in [0.717, 1.165) is 29.7 Å². The third kappa shape index (κ3) is 5.25. The van der Waals surface area contributed by atoms with Crippen molar-refractivity contribution in [3.8, 4) is 5.75 Å². The van der Waals surface area contributed by atoms with Gasteiger partial charge in [-0.3, -0.25) is 4.79 Å². The number of carbonyl (C=O) groups is 1. The normalized spacial score (nSPS) is 14.0. The van der Waals surface area contributed by atoms with E-state index < -0.39 is 10.0 Å². The van der Waals surface area contributed by atoms with Crippen LogP contribution in [0.2, 0.25) is 5.02 Å². The van der Waals surface area contributed by atoms with Crippen LogP contribution in [0.1, 0.15) is 34.3 Å². The van der Waals surface area contributed by atoms with E-state index >= 15 is 0 Å². The molecule has 28 heavy (non-hydrogen) atoms. The van der Waals surface area contributed by atoms with Gasteiger partial charge in [0.15, 0.2) is 0 Å². The van der Waals surface area contributed by atoms with Gasteiger partial charge in [0.05, 0.1) is 11.6 Å². The summed E-state index contributed by atoms with van der Waals surface area (Å²) in [4.78, 5) is 12.3. The highest BCUT2D eigenvalue weighted by Gasteiger charge is 2.29. The van der Waals surface area contributed by atoms with Gasteiger partial charge in [0.2, 0.25) is 10.0 Å². The van der Waals surface area contributed by atoms with Crippen molar-refractivity contribution in [2.75, 3.05) is 13.2 Å². The van der Waals surface area contributed by atoms with Crippen molar-refractivity contribution in [3.63, 3.8) is 0 Å². The zero-order chi connectivity index (χ0) is 20.3. The van der Waals surface area contributed by atoms with Crippen molar-refractivity contribution in [2.24, 2.45) is 0 Å². The molecule has 1 aliphatic carbocycles. The van der Waals surface area contributed by atoms with Gasteiger partial charge in [0.25, 0.3) is 5.91 Å². The topological polar surface area (TPSA) is 84.5 Å². The van der Waals surface area contributed by atoms with E-state index in [1.54, 1.807) is 0 Å². The molecule has 2 aromatic rings. The maximum atomic E-state index is 12.4. The average Bonchev–Trinajstić information content (AvgIpc) is 3.43. The molecule has 2 N–H and O–H groups in total. The molecule has 6 nitrogen and oxygen atoms in total. The number of carbonyl (C=O) groups excluding carboxylic acids is 1. The first kappa shape index (κ1) is 20.6. The van der Waals surface area contributed by atoms with Crippen LogP contribution in [0, 0.1) is 13.8 Å². The van der Waals surface area contributed by atoms with Gasteiger partial charge in [-0.2, -0.15) is 0 Å². The summed E-state index contributed by atoms with van der Waals surface area (Å²) in [7, 11) is -3.74. The number of hydrogen-bond donors (Lipinski definition) is 2. The van der Waals surface area contributed by atoms with E-state index in [-0.39, 0.29) is 34.0 Å². The Labute approximate surface area is 170 Å². The maximum Gasteiger partial charge on any atom is 0.251 e. The minimum Gasteiger partial charge on any atom is -0.491 e. The summed E-state index contributed by atoms with van der Waals surface area (Å²) in [6.07, 6.45) is 1.63. The van der Waals surface area contributed by atoms with Crippen LogP contribution in [-0.4, -0.2) is 33.5 Å². The van der Waals surface area contributed by atoms with Gasteiger partial charge < -0.3 is 10.1 Å². The Bertz CT molecular complexity index is 988. The Morgan fingerprint density at radius 3 is 2.61 bits per heavy atom. The molecule has 0 radical (unpaired) electrons. The minimum atomic E-state index is -3.74. The van der Waals surface area contributed by atoms with Gasteiger partial charge in [0.1, 0.15) is 17.3 Å². The Balaban J connectivity index is 1.59. The second-order valence-corrected chi connectivity index (χ2v) is 9.00. The monoisotopic (exact) mass is 422 g/mol. The number of nitrogens with one attached hydrogen (secondary N) is 2. The first-order valence-corrected chi connectivity index (χ1v) is 10.9. The van der Waals surface area contributed by atoms with Gasteiger partial charge >= 0.3 is 0 Å². The number of benzene rings is 2. The molecule has 0 aliphatic heterocycles. The van der Waals surface area contributed by atoms with E-state index in [1.807, 2.05) is 32.0 Å². The SMILES string of the molecule is Cc1ccc(OCCNC(=O)c2ccc(Cl)c(S(=O)(=O)NC3CC3)c2)c(C)c1. The lowest BCUT2D eigenvalue weighted by Crippen LogP contribution is -2.29. The van der Waals surface area contributed by atoms with Gasteiger partial charge in [-0.05, 0) is 56.5 Å². The van der Waals surface area contributed by atoms with Crippen molar-refractivity contribution < 1.29 is 17.9 Å². The van der Waals surface area contributed by atoms with Crippen molar-refractivity contribution >= 4 is 27.5 Å². The zero-order valence-electron chi connectivity index (χ0n) is 15.8. The third-order valence-corrected chi connectivity index (χ3v) is 6.36. The number of sulfonamides is 1. The standard InChI is InChI=1S/C20H23ClN2O4S/c1-13-3-8-18(14(2)11-13)27-10-9-22-20(24)15-4-7-17(21)19(12-15)28(25,26)23-16-5-6-16/h3-4,7-8,11-12,16,23H,5-6,9-10H2,1-2H3,(H,22,24). The van der Waals surface area contributed by atoms with E-state index in [2.05, 4.69) is 10.0 Å². The lowest BCUT2D eigenvalue weighted by atomic mass is 10.1. The lowest BCUT2D eigenvalue weighted by Gasteiger charge is -2.12. The second-order valence-electron chi connectivity index (χ2n) is 6.91.